The maximum absolute atomic E-state index is 11.7. The van der Waals surface area contributed by atoms with Gasteiger partial charge in [-0.15, -0.1) is 0 Å². The molecule has 0 radical (unpaired) electrons. The molecule has 0 bridgehead atoms. The second-order valence-corrected chi connectivity index (χ2v) is 3.62. The van der Waals surface area contributed by atoms with Gasteiger partial charge in [0.05, 0.1) is 12.7 Å². The Morgan fingerprint density at radius 2 is 2.14 bits per heavy atom. The van der Waals surface area contributed by atoms with Gasteiger partial charge in [-0.25, -0.2) is 5.48 Å². The second-order valence-electron chi connectivity index (χ2n) is 3.62. The number of nitrogens with zero attached hydrogens (tertiary/aromatic N) is 1. The lowest BCUT2D eigenvalue weighted by Gasteiger charge is -2.28. The van der Waals surface area contributed by atoms with Crippen LogP contribution in [-0.2, 0) is 9.63 Å². The fraction of sp³-hybridized carbons (Fsp3) is 0.800. The molecule has 1 rings (SSSR count). The summed E-state index contributed by atoms with van der Waals surface area (Å²) < 4.78 is 0. The van der Waals surface area contributed by atoms with E-state index >= 15 is 0 Å². The van der Waals surface area contributed by atoms with E-state index in [4.69, 9.17) is 10.1 Å². The molecule has 0 unspecified atom stereocenters. The molecule has 0 aromatic carbocycles. The van der Waals surface area contributed by atoms with Crippen LogP contribution >= 0.6 is 0 Å². The van der Waals surface area contributed by atoms with Gasteiger partial charge in [-0.2, -0.15) is 5.26 Å². The molecule has 4 nitrogen and oxygen atoms in total. The molecule has 14 heavy (non-hydrogen) atoms. The summed E-state index contributed by atoms with van der Waals surface area (Å²) in [6.07, 6.45) is 4.33. The first kappa shape index (κ1) is 11.0. The van der Waals surface area contributed by atoms with E-state index in [0.717, 1.165) is 19.3 Å². The largest absolute Gasteiger partial charge is 0.274 e. The summed E-state index contributed by atoms with van der Waals surface area (Å²) >= 11 is 0. The van der Waals surface area contributed by atoms with Crippen LogP contribution in [0.4, 0.5) is 0 Å². The molecule has 0 aromatic rings. The minimum absolute atomic E-state index is 0.276. The third-order valence-electron chi connectivity index (χ3n) is 2.66. The summed E-state index contributed by atoms with van der Waals surface area (Å²) in [6, 6.07) is 2.13. The Morgan fingerprint density at radius 1 is 1.50 bits per heavy atom. The predicted molar refractivity (Wildman–Crippen MR) is 50.9 cm³/mol. The van der Waals surface area contributed by atoms with Crippen molar-refractivity contribution in [2.45, 2.75) is 39.0 Å². The predicted octanol–water partition coefficient (Wildman–Crippen LogP) is 1.53. The molecule has 0 atom stereocenters. The first-order chi connectivity index (χ1) is 6.75. The summed E-state index contributed by atoms with van der Waals surface area (Å²) in [4.78, 5) is 16.5. The second kappa shape index (κ2) is 4.97. The Morgan fingerprint density at radius 3 is 2.64 bits per heavy atom. The molecule has 4 heteroatoms. The van der Waals surface area contributed by atoms with Crippen molar-refractivity contribution in [3.8, 4) is 6.07 Å². The summed E-state index contributed by atoms with van der Waals surface area (Å²) in [5, 5.41) is 9.04. The molecule has 0 heterocycles. The number of carbonyl (C=O) groups excluding carboxylic acids is 1. The summed E-state index contributed by atoms with van der Waals surface area (Å²) in [7, 11) is 0. The number of hydrogen-bond acceptors (Lipinski definition) is 3. The molecular weight excluding hydrogens is 180 g/mol. The number of hydrogen-bond donors (Lipinski definition) is 1. The Labute approximate surface area is 84.2 Å². The third-order valence-corrected chi connectivity index (χ3v) is 2.66. The van der Waals surface area contributed by atoms with Gasteiger partial charge in [0.15, 0.2) is 0 Å². The SMILES string of the molecule is CCONC(=O)C1(C#N)CCCCC1. The Balaban J connectivity index is 2.59. The first-order valence-corrected chi connectivity index (χ1v) is 5.08. The smallest absolute Gasteiger partial charge is 0.263 e. The molecule has 1 aliphatic carbocycles. The van der Waals surface area contributed by atoms with Crippen LogP contribution in [0.25, 0.3) is 0 Å². The zero-order chi connectivity index (χ0) is 10.4. The van der Waals surface area contributed by atoms with Crippen molar-refractivity contribution >= 4 is 5.91 Å². The summed E-state index contributed by atoms with van der Waals surface area (Å²) in [5.41, 5.74) is 1.49. The normalized spacial score (nSPS) is 19.7. The molecule has 1 amide bonds. The fourth-order valence-corrected chi connectivity index (χ4v) is 1.78. The Bertz CT molecular complexity index is 239. The molecule has 0 saturated heterocycles. The minimum atomic E-state index is -0.840. The summed E-state index contributed by atoms with van der Waals surface area (Å²) in [6.45, 7) is 2.22. The number of carbonyl (C=O) groups is 1. The van der Waals surface area contributed by atoms with Gasteiger partial charge in [-0.3, -0.25) is 9.63 Å². The van der Waals surface area contributed by atoms with Crippen molar-refractivity contribution in [1.82, 2.24) is 5.48 Å². The van der Waals surface area contributed by atoms with Gasteiger partial charge in [-0.05, 0) is 19.8 Å². The van der Waals surface area contributed by atoms with E-state index in [-0.39, 0.29) is 5.91 Å². The van der Waals surface area contributed by atoms with Crippen LogP contribution in [0.1, 0.15) is 39.0 Å². The van der Waals surface area contributed by atoms with E-state index in [1.807, 2.05) is 0 Å². The van der Waals surface area contributed by atoms with Gasteiger partial charge in [0.1, 0.15) is 5.41 Å². The lowest BCUT2D eigenvalue weighted by atomic mass is 9.75. The van der Waals surface area contributed by atoms with Crippen LogP contribution in [0, 0.1) is 16.7 Å². The van der Waals surface area contributed by atoms with Crippen LogP contribution in [0.5, 0.6) is 0 Å². The van der Waals surface area contributed by atoms with E-state index in [1.54, 1.807) is 6.92 Å². The van der Waals surface area contributed by atoms with E-state index in [1.165, 1.54) is 0 Å². The molecular formula is C10H16N2O2. The van der Waals surface area contributed by atoms with Gasteiger partial charge in [0.2, 0.25) is 0 Å². The highest BCUT2D eigenvalue weighted by atomic mass is 16.6. The Kier molecular flexibility index (Phi) is 3.90. The zero-order valence-corrected chi connectivity index (χ0v) is 8.51. The molecule has 1 fully saturated rings. The number of rotatable bonds is 3. The van der Waals surface area contributed by atoms with Crippen molar-refractivity contribution in [1.29, 1.82) is 5.26 Å². The van der Waals surface area contributed by atoms with Crippen molar-refractivity contribution in [2.75, 3.05) is 6.61 Å². The van der Waals surface area contributed by atoms with Gasteiger partial charge in [-0.1, -0.05) is 19.3 Å². The van der Waals surface area contributed by atoms with Crippen LogP contribution in [0.3, 0.4) is 0 Å². The summed E-state index contributed by atoms with van der Waals surface area (Å²) in [5.74, 6) is -0.276. The lowest BCUT2D eigenvalue weighted by Crippen LogP contribution is -2.41. The van der Waals surface area contributed by atoms with Gasteiger partial charge in [0, 0.05) is 0 Å². The standard InChI is InChI=1S/C10H16N2O2/c1-2-14-12-9(13)10(8-11)6-4-3-5-7-10/h2-7H2,1H3,(H,12,13). The Hall–Kier alpha value is -1.08. The average molecular weight is 196 g/mol. The highest BCUT2D eigenvalue weighted by molar-refractivity contribution is 5.84. The van der Waals surface area contributed by atoms with Gasteiger partial charge < -0.3 is 0 Å². The number of nitriles is 1. The highest BCUT2D eigenvalue weighted by Gasteiger charge is 2.39. The van der Waals surface area contributed by atoms with Crippen LogP contribution in [0.2, 0.25) is 0 Å². The third kappa shape index (κ3) is 2.24. The van der Waals surface area contributed by atoms with Gasteiger partial charge in [0.25, 0.3) is 5.91 Å². The van der Waals surface area contributed by atoms with Crippen molar-refractivity contribution in [3.63, 3.8) is 0 Å². The fourth-order valence-electron chi connectivity index (χ4n) is 1.78. The van der Waals surface area contributed by atoms with Crippen molar-refractivity contribution < 1.29 is 9.63 Å². The van der Waals surface area contributed by atoms with E-state index in [2.05, 4.69) is 11.5 Å². The lowest BCUT2D eigenvalue weighted by molar-refractivity contribution is -0.142. The molecule has 1 aliphatic rings. The quantitative estimate of drug-likeness (QED) is 0.696. The molecule has 0 aromatic heterocycles. The number of hydroxylamine groups is 1. The van der Waals surface area contributed by atoms with Crippen LogP contribution in [-0.4, -0.2) is 12.5 Å². The molecule has 0 spiro atoms. The monoisotopic (exact) mass is 196 g/mol. The van der Waals surface area contributed by atoms with Gasteiger partial charge >= 0.3 is 0 Å². The number of nitrogens with one attached hydrogen (secondary N) is 1. The molecule has 1 saturated carbocycles. The molecule has 0 aliphatic heterocycles. The first-order valence-electron chi connectivity index (χ1n) is 5.08. The average Bonchev–Trinajstić information content (AvgIpc) is 2.26. The zero-order valence-electron chi connectivity index (χ0n) is 8.51. The number of amides is 1. The minimum Gasteiger partial charge on any atom is -0.274 e. The maximum atomic E-state index is 11.7. The molecule has 78 valence electrons. The van der Waals surface area contributed by atoms with Crippen LogP contribution in [0.15, 0.2) is 0 Å². The van der Waals surface area contributed by atoms with E-state index < -0.39 is 5.41 Å². The highest BCUT2D eigenvalue weighted by Crippen LogP contribution is 2.35. The molecule has 1 N–H and O–H groups in total. The maximum Gasteiger partial charge on any atom is 0.263 e. The van der Waals surface area contributed by atoms with Crippen LogP contribution < -0.4 is 5.48 Å². The van der Waals surface area contributed by atoms with E-state index in [9.17, 15) is 4.79 Å². The topological polar surface area (TPSA) is 62.1 Å². The van der Waals surface area contributed by atoms with Crippen molar-refractivity contribution in [3.05, 3.63) is 0 Å². The van der Waals surface area contributed by atoms with Crippen molar-refractivity contribution in [2.24, 2.45) is 5.41 Å². The van der Waals surface area contributed by atoms with E-state index in [0.29, 0.717) is 19.4 Å².